The molecule has 0 aliphatic carbocycles. The predicted molar refractivity (Wildman–Crippen MR) is 167 cm³/mol. The van der Waals surface area contributed by atoms with Gasteiger partial charge < -0.3 is 5.32 Å². The molecule has 0 bridgehead atoms. The normalized spacial score (nSPS) is 12.6. The van der Waals surface area contributed by atoms with Crippen LogP contribution >= 0.6 is 0 Å². The largest absolute Gasteiger partial charge is 0.324 e. The fourth-order valence-corrected chi connectivity index (χ4v) is 5.01. The van der Waals surface area contributed by atoms with E-state index in [9.17, 15) is 16.8 Å². The average molecular weight is 606 g/mol. The van der Waals surface area contributed by atoms with Crippen molar-refractivity contribution in [3.05, 3.63) is 95.6 Å². The minimum absolute atomic E-state index is 0.229. The highest BCUT2D eigenvalue weighted by Gasteiger charge is 2.10. The summed E-state index contributed by atoms with van der Waals surface area (Å²) in [7, 11) is -6.60. The van der Waals surface area contributed by atoms with Gasteiger partial charge in [0.2, 0.25) is 5.95 Å². The molecule has 1 heterocycles. The van der Waals surface area contributed by atoms with Gasteiger partial charge in [-0.05, 0) is 67.8 Å². The van der Waals surface area contributed by atoms with Crippen LogP contribution in [-0.2, 0) is 19.7 Å². The third-order valence-corrected chi connectivity index (χ3v) is 8.45. The maximum atomic E-state index is 11.8. The van der Waals surface area contributed by atoms with Gasteiger partial charge >= 0.3 is 0 Å². The number of nitrogens with one attached hydrogen (secondary N) is 3. The summed E-state index contributed by atoms with van der Waals surface area (Å²) in [5.41, 5.74) is 10.4. The molecule has 3 aromatic carbocycles. The van der Waals surface area contributed by atoms with Crippen molar-refractivity contribution in [2.75, 3.05) is 28.7 Å². The number of sulfone groups is 2. The number of benzene rings is 3. The van der Waals surface area contributed by atoms with Gasteiger partial charge in [0.1, 0.15) is 0 Å². The molecule has 0 radical (unpaired) electrons. The number of rotatable bonds is 10. The monoisotopic (exact) mass is 605 g/mol. The first kappa shape index (κ1) is 30.3. The highest BCUT2D eigenvalue weighted by atomic mass is 32.2. The van der Waals surface area contributed by atoms with Crippen molar-refractivity contribution >= 4 is 54.4 Å². The van der Waals surface area contributed by atoms with Crippen LogP contribution in [0.4, 0.5) is 23.3 Å². The van der Waals surface area contributed by atoms with E-state index in [4.69, 9.17) is 0 Å². The molecule has 3 N–H and O–H groups in total. The van der Waals surface area contributed by atoms with Crippen LogP contribution in [0.2, 0.25) is 0 Å². The average Bonchev–Trinajstić information content (AvgIpc) is 2.95. The standard InChI is InChI=1S/C29H31N7O4S2/c1-19-8-6-7-9-26(19)30-29-31-27(35-33-20(2)22-10-14-24(15-11-22)41(4,37)38)18-28(32-29)36-34-21(3)23-12-16-25(17-13-23)42(5,39)40/h6-18H,1-5H3,(H3,30,31,32,35,36). The molecule has 4 aromatic rings. The van der Waals surface area contributed by atoms with E-state index in [1.165, 1.54) is 24.3 Å². The van der Waals surface area contributed by atoms with Gasteiger partial charge in [-0.1, -0.05) is 42.5 Å². The van der Waals surface area contributed by atoms with E-state index in [2.05, 4.69) is 36.3 Å². The molecule has 0 aliphatic rings. The Balaban J connectivity index is 1.60. The summed E-state index contributed by atoms with van der Waals surface area (Å²) in [5, 5.41) is 12.1. The van der Waals surface area contributed by atoms with E-state index in [0.29, 0.717) is 29.0 Å². The summed E-state index contributed by atoms with van der Waals surface area (Å²) in [4.78, 5) is 9.53. The van der Waals surface area contributed by atoms with Crippen LogP contribution in [0.25, 0.3) is 0 Å². The fraction of sp³-hybridized carbons (Fsp3) is 0.172. The number of anilines is 4. The summed E-state index contributed by atoms with van der Waals surface area (Å²) in [6.45, 7) is 5.55. The van der Waals surface area contributed by atoms with Crippen LogP contribution in [0.1, 0.15) is 30.5 Å². The molecule has 13 heteroatoms. The molecule has 218 valence electrons. The van der Waals surface area contributed by atoms with Gasteiger partial charge in [-0.15, -0.1) is 0 Å². The van der Waals surface area contributed by atoms with Gasteiger partial charge in [-0.25, -0.2) is 16.8 Å². The Bertz CT molecular complexity index is 1760. The molecule has 1 aromatic heterocycles. The molecule has 0 unspecified atom stereocenters. The molecule has 11 nitrogen and oxygen atoms in total. The number of hydrazone groups is 2. The minimum Gasteiger partial charge on any atom is -0.324 e. The highest BCUT2D eigenvalue weighted by Crippen LogP contribution is 2.22. The Morgan fingerprint density at radius 3 is 1.50 bits per heavy atom. The molecular formula is C29H31N7O4S2. The molecular weight excluding hydrogens is 574 g/mol. The SMILES string of the molecule is CC(=NNc1cc(NN=C(C)c2ccc(S(C)(=O)=O)cc2)nc(Nc2ccccc2C)n1)c1ccc(S(C)(=O)=O)cc1. The van der Waals surface area contributed by atoms with E-state index in [1.54, 1.807) is 44.2 Å². The number of para-hydroxylation sites is 1. The summed E-state index contributed by atoms with van der Waals surface area (Å²) in [6.07, 6.45) is 2.32. The number of aryl methyl sites for hydroxylation is 1. The lowest BCUT2D eigenvalue weighted by atomic mass is 10.1. The molecule has 0 fully saturated rings. The second-order valence-corrected chi connectivity index (χ2v) is 13.6. The molecule has 0 atom stereocenters. The lowest BCUT2D eigenvalue weighted by Crippen LogP contribution is -2.07. The fourth-order valence-electron chi connectivity index (χ4n) is 3.75. The number of aromatic nitrogens is 2. The van der Waals surface area contributed by atoms with Gasteiger partial charge in [-0.2, -0.15) is 20.2 Å². The Hall–Kier alpha value is -4.62. The summed E-state index contributed by atoms with van der Waals surface area (Å²) >= 11 is 0. The van der Waals surface area contributed by atoms with Crippen molar-refractivity contribution in [3.63, 3.8) is 0 Å². The van der Waals surface area contributed by atoms with Crippen LogP contribution in [0.3, 0.4) is 0 Å². The smallest absolute Gasteiger partial charge is 0.231 e. The molecule has 0 saturated heterocycles. The first-order valence-corrected chi connectivity index (χ1v) is 16.5. The molecule has 0 spiro atoms. The second-order valence-electron chi connectivity index (χ2n) is 9.61. The number of nitrogens with zero attached hydrogens (tertiary/aromatic N) is 4. The first-order chi connectivity index (χ1) is 19.8. The predicted octanol–water partition coefficient (Wildman–Crippen LogP) is 5.01. The van der Waals surface area contributed by atoms with Crippen molar-refractivity contribution in [1.82, 2.24) is 9.97 Å². The summed E-state index contributed by atoms with van der Waals surface area (Å²) in [6, 6.07) is 22.3. The molecule has 0 amide bonds. The first-order valence-electron chi connectivity index (χ1n) is 12.7. The van der Waals surface area contributed by atoms with Crippen LogP contribution < -0.4 is 16.2 Å². The molecule has 42 heavy (non-hydrogen) atoms. The van der Waals surface area contributed by atoms with Crippen molar-refractivity contribution in [2.24, 2.45) is 10.2 Å². The molecule has 4 rings (SSSR count). The van der Waals surface area contributed by atoms with Crippen molar-refractivity contribution in [3.8, 4) is 0 Å². The number of hydrogen-bond acceptors (Lipinski definition) is 11. The van der Waals surface area contributed by atoms with Gasteiger partial charge in [0.05, 0.1) is 21.2 Å². The zero-order valence-electron chi connectivity index (χ0n) is 23.7. The van der Waals surface area contributed by atoms with Crippen LogP contribution in [0.5, 0.6) is 0 Å². The zero-order valence-corrected chi connectivity index (χ0v) is 25.4. The van der Waals surface area contributed by atoms with Gasteiger partial charge in [0, 0.05) is 24.3 Å². The quantitative estimate of drug-likeness (QED) is 0.167. The van der Waals surface area contributed by atoms with Crippen LogP contribution in [-0.4, -0.2) is 50.7 Å². The van der Waals surface area contributed by atoms with Crippen molar-refractivity contribution in [1.29, 1.82) is 0 Å². The highest BCUT2D eigenvalue weighted by molar-refractivity contribution is 7.91. The number of hydrogen-bond donors (Lipinski definition) is 3. The molecule has 0 aliphatic heterocycles. The lowest BCUT2D eigenvalue weighted by molar-refractivity contribution is 0.600. The van der Waals surface area contributed by atoms with E-state index in [1.807, 2.05) is 31.2 Å². The second kappa shape index (κ2) is 12.5. The maximum Gasteiger partial charge on any atom is 0.231 e. The third-order valence-electron chi connectivity index (χ3n) is 6.19. The van der Waals surface area contributed by atoms with E-state index in [0.717, 1.165) is 34.9 Å². The van der Waals surface area contributed by atoms with Gasteiger partial charge in [-0.3, -0.25) is 10.9 Å². The Morgan fingerprint density at radius 2 is 1.10 bits per heavy atom. The van der Waals surface area contributed by atoms with Crippen molar-refractivity contribution < 1.29 is 16.8 Å². The Labute approximate surface area is 245 Å². The van der Waals surface area contributed by atoms with E-state index >= 15 is 0 Å². The molecule has 0 saturated carbocycles. The third kappa shape index (κ3) is 7.98. The Morgan fingerprint density at radius 1 is 0.667 bits per heavy atom. The van der Waals surface area contributed by atoms with Crippen LogP contribution in [0, 0.1) is 6.92 Å². The van der Waals surface area contributed by atoms with E-state index in [-0.39, 0.29) is 9.79 Å². The van der Waals surface area contributed by atoms with Crippen LogP contribution in [0.15, 0.2) is 98.9 Å². The Kier molecular flexibility index (Phi) is 9.02. The zero-order chi connectivity index (χ0) is 30.5. The van der Waals surface area contributed by atoms with E-state index < -0.39 is 19.7 Å². The summed E-state index contributed by atoms with van der Waals surface area (Å²) in [5.74, 6) is 1.05. The van der Waals surface area contributed by atoms with Gasteiger partial charge in [0.25, 0.3) is 0 Å². The lowest BCUT2D eigenvalue weighted by Gasteiger charge is -2.12. The summed E-state index contributed by atoms with van der Waals surface area (Å²) < 4.78 is 47.1. The van der Waals surface area contributed by atoms with Gasteiger partial charge in [0.15, 0.2) is 31.3 Å². The maximum absolute atomic E-state index is 11.8. The minimum atomic E-state index is -3.30. The topological polar surface area (TPSA) is 155 Å². The van der Waals surface area contributed by atoms with Crippen molar-refractivity contribution in [2.45, 2.75) is 30.6 Å².